The number of hydrogen-bond donors (Lipinski definition) is 2. The van der Waals surface area contributed by atoms with Gasteiger partial charge in [0.05, 0.1) is 16.3 Å². The number of halogens is 4. The van der Waals surface area contributed by atoms with Gasteiger partial charge in [0, 0.05) is 5.69 Å². The summed E-state index contributed by atoms with van der Waals surface area (Å²) in [6.45, 7) is 7.88. The molecule has 1 amide bonds. The number of alkyl halides is 3. The number of rotatable bonds is 7. The van der Waals surface area contributed by atoms with Gasteiger partial charge in [0.2, 0.25) is 5.91 Å². The lowest BCUT2D eigenvalue weighted by Gasteiger charge is -2.25. The highest BCUT2D eigenvalue weighted by Gasteiger charge is 2.31. The van der Waals surface area contributed by atoms with Crippen molar-refractivity contribution in [2.75, 3.05) is 10.6 Å². The van der Waals surface area contributed by atoms with Crippen LogP contribution in [0.4, 0.5) is 24.5 Å². The van der Waals surface area contributed by atoms with Crippen LogP contribution in [0.3, 0.4) is 0 Å². The van der Waals surface area contributed by atoms with Crippen LogP contribution in [0.25, 0.3) is 0 Å². The van der Waals surface area contributed by atoms with Crippen molar-refractivity contribution in [2.45, 2.75) is 52.3 Å². The van der Waals surface area contributed by atoms with E-state index in [1.54, 1.807) is 0 Å². The molecule has 7 heteroatoms. The smallest absolute Gasteiger partial charge is 0.372 e. The molecule has 158 valence electrons. The van der Waals surface area contributed by atoms with Gasteiger partial charge in [0.1, 0.15) is 6.04 Å². The first-order valence-electron chi connectivity index (χ1n) is 9.57. The van der Waals surface area contributed by atoms with Crippen LogP contribution < -0.4 is 10.6 Å². The summed E-state index contributed by atoms with van der Waals surface area (Å²) < 4.78 is 38.5. The number of anilines is 2. The fraction of sp³-hybridized carbons (Fsp3) is 0.409. The van der Waals surface area contributed by atoms with Crippen molar-refractivity contribution in [3.05, 3.63) is 58.6 Å². The highest BCUT2D eigenvalue weighted by atomic mass is 35.5. The fourth-order valence-corrected chi connectivity index (χ4v) is 3.22. The van der Waals surface area contributed by atoms with Crippen LogP contribution in [-0.4, -0.2) is 11.9 Å². The van der Waals surface area contributed by atoms with Gasteiger partial charge in [0.15, 0.2) is 0 Å². The van der Waals surface area contributed by atoms with Gasteiger partial charge < -0.3 is 10.6 Å². The van der Waals surface area contributed by atoms with Crippen LogP contribution in [0, 0.1) is 5.92 Å². The zero-order valence-corrected chi connectivity index (χ0v) is 17.7. The number of nitrogens with one attached hydrogen (secondary N) is 2. The maximum atomic E-state index is 13.0. The van der Waals surface area contributed by atoms with Crippen LogP contribution in [0.5, 0.6) is 0 Å². The summed E-state index contributed by atoms with van der Waals surface area (Å²) in [5, 5.41) is 5.87. The Morgan fingerprint density at radius 1 is 1.07 bits per heavy atom. The van der Waals surface area contributed by atoms with Gasteiger partial charge in [-0.15, -0.1) is 0 Å². The predicted molar refractivity (Wildman–Crippen MR) is 112 cm³/mol. The quantitative estimate of drug-likeness (QED) is 0.503. The van der Waals surface area contributed by atoms with E-state index in [2.05, 4.69) is 24.5 Å². The molecular weight excluding hydrogens is 401 g/mol. The molecule has 2 rings (SSSR count). The molecule has 0 spiro atoms. The monoisotopic (exact) mass is 426 g/mol. The minimum Gasteiger partial charge on any atom is -0.372 e. The van der Waals surface area contributed by atoms with E-state index in [1.165, 1.54) is 6.07 Å². The molecule has 2 N–H and O–H groups in total. The summed E-state index contributed by atoms with van der Waals surface area (Å²) >= 11 is 6.04. The van der Waals surface area contributed by atoms with Gasteiger partial charge in [-0.1, -0.05) is 57.5 Å². The minimum atomic E-state index is -4.48. The molecular formula is C22H26ClF3N2O. The van der Waals surface area contributed by atoms with E-state index in [1.807, 2.05) is 38.1 Å². The van der Waals surface area contributed by atoms with Crippen molar-refractivity contribution < 1.29 is 18.0 Å². The van der Waals surface area contributed by atoms with Crippen LogP contribution in [0.1, 0.15) is 51.2 Å². The minimum absolute atomic E-state index is 0.0849. The van der Waals surface area contributed by atoms with Gasteiger partial charge in [-0.2, -0.15) is 13.2 Å². The summed E-state index contributed by atoms with van der Waals surface area (Å²) in [6.07, 6.45) is -3.55. The molecule has 2 aromatic rings. The van der Waals surface area contributed by atoms with Gasteiger partial charge >= 0.3 is 6.18 Å². The second-order valence-electron chi connectivity index (χ2n) is 7.44. The Bertz CT molecular complexity index is 852. The van der Waals surface area contributed by atoms with E-state index in [9.17, 15) is 18.0 Å². The molecule has 0 saturated heterocycles. The van der Waals surface area contributed by atoms with Gasteiger partial charge in [-0.25, -0.2) is 0 Å². The van der Waals surface area contributed by atoms with E-state index >= 15 is 0 Å². The molecule has 0 aliphatic carbocycles. The second-order valence-corrected chi connectivity index (χ2v) is 7.85. The van der Waals surface area contributed by atoms with E-state index < -0.39 is 17.8 Å². The standard InChI is InChI=1S/C22H26ClF3N2O/c1-5-14(4)16-8-6-7-9-18(16)28-21(29)20(13(2)3)27-19-11-10-15(12-17(19)23)22(24,25)26/h6-14,20,27H,5H2,1-4H3,(H,28,29)/t14-,20-/m0/s1. The Morgan fingerprint density at radius 3 is 2.28 bits per heavy atom. The molecule has 0 aromatic heterocycles. The zero-order chi connectivity index (χ0) is 21.8. The first-order valence-corrected chi connectivity index (χ1v) is 9.95. The lowest BCUT2D eigenvalue weighted by molar-refractivity contribution is -0.137. The normalized spacial score (nSPS) is 13.8. The zero-order valence-electron chi connectivity index (χ0n) is 16.9. The summed E-state index contributed by atoms with van der Waals surface area (Å²) in [5.74, 6) is -0.114. The highest BCUT2D eigenvalue weighted by Crippen LogP contribution is 2.34. The average Bonchev–Trinajstić information content (AvgIpc) is 2.65. The molecule has 0 radical (unpaired) electrons. The summed E-state index contributed by atoms with van der Waals surface area (Å²) in [5.41, 5.74) is 1.22. The fourth-order valence-electron chi connectivity index (χ4n) is 2.98. The van der Waals surface area contributed by atoms with Gasteiger partial charge in [-0.3, -0.25) is 4.79 Å². The number of amides is 1. The Balaban J connectivity index is 2.24. The van der Waals surface area contributed by atoms with E-state index in [-0.39, 0.29) is 28.5 Å². The first-order chi connectivity index (χ1) is 13.5. The third-order valence-corrected chi connectivity index (χ3v) is 5.23. The molecule has 0 fully saturated rings. The van der Waals surface area contributed by atoms with Crippen molar-refractivity contribution >= 4 is 28.9 Å². The molecule has 0 bridgehead atoms. The maximum absolute atomic E-state index is 13.0. The molecule has 2 aromatic carbocycles. The van der Waals surface area contributed by atoms with Crippen LogP contribution in [0.2, 0.25) is 5.02 Å². The SMILES string of the molecule is CC[C@H](C)c1ccccc1NC(=O)[C@@H](Nc1ccc(C(F)(F)F)cc1Cl)C(C)C. The summed E-state index contributed by atoms with van der Waals surface area (Å²) in [7, 11) is 0. The Kier molecular flexibility index (Phi) is 7.58. The summed E-state index contributed by atoms with van der Waals surface area (Å²) in [4.78, 5) is 13.0. The van der Waals surface area contributed by atoms with Gasteiger partial charge in [0.25, 0.3) is 0 Å². The van der Waals surface area contributed by atoms with Crippen molar-refractivity contribution in [1.82, 2.24) is 0 Å². The number of carbonyl (C=O) groups excluding carboxylic acids is 1. The largest absolute Gasteiger partial charge is 0.416 e. The lowest BCUT2D eigenvalue weighted by atomic mass is 9.96. The molecule has 2 atom stereocenters. The molecule has 29 heavy (non-hydrogen) atoms. The van der Waals surface area contributed by atoms with Crippen molar-refractivity contribution in [2.24, 2.45) is 5.92 Å². The van der Waals surface area contributed by atoms with Crippen LogP contribution in [-0.2, 0) is 11.0 Å². The number of hydrogen-bond acceptors (Lipinski definition) is 2. The van der Waals surface area contributed by atoms with E-state index in [0.29, 0.717) is 0 Å². The van der Waals surface area contributed by atoms with Crippen molar-refractivity contribution in [3.63, 3.8) is 0 Å². The average molecular weight is 427 g/mol. The third kappa shape index (κ3) is 5.89. The van der Waals surface area contributed by atoms with Crippen molar-refractivity contribution in [1.29, 1.82) is 0 Å². The molecule has 0 saturated carbocycles. The van der Waals surface area contributed by atoms with E-state index in [4.69, 9.17) is 11.6 Å². The topological polar surface area (TPSA) is 41.1 Å². The second kappa shape index (κ2) is 9.53. The maximum Gasteiger partial charge on any atom is 0.416 e. The number of para-hydroxylation sites is 1. The molecule has 0 heterocycles. The highest BCUT2D eigenvalue weighted by molar-refractivity contribution is 6.33. The van der Waals surface area contributed by atoms with Crippen LogP contribution in [0.15, 0.2) is 42.5 Å². The Hall–Kier alpha value is -2.21. The van der Waals surface area contributed by atoms with E-state index in [0.717, 1.165) is 29.8 Å². The van der Waals surface area contributed by atoms with Gasteiger partial charge in [-0.05, 0) is 48.1 Å². The third-order valence-electron chi connectivity index (χ3n) is 4.92. The first kappa shape index (κ1) is 23.1. The number of benzene rings is 2. The van der Waals surface area contributed by atoms with Crippen molar-refractivity contribution in [3.8, 4) is 0 Å². The Morgan fingerprint density at radius 2 is 1.72 bits per heavy atom. The summed E-state index contributed by atoms with van der Waals surface area (Å²) in [6, 6.07) is 9.99. The van der Waals surface area contributed by atoms with Crippen LogP contribution >= 0.6 is 11.6 Å². The molecule has 0 unspecified atom stereocenters. The molecule has 0 aliphatic rings. The predicted octanol–water partition coefficient (Wildman–Crippen LogP) is 6.95. The lowest BCUT2D eigenvalue weighted by Crippen LogP contribution is -2.39. The Labute approximate surface area is 174 Å². The molecule has 0 aliphatic heterocycles. The molecule has 3 nitrogen and oxygen atoms in total. The number of carbonyl (C=O) groups is 1.